The monoisotopic (exact) mass is 389 g/mol. The van der Waals surface area contributed by atoms with Gasteiger partial charge in [0.05, 0.1) is 10.9 Å². The van der Waals surface area contributed by atoms with Crippen LogP contribution in [0.1, 0.15) is 38.1 Å². The zero-order valence-electron chi connectivity index (χ0n) is 18.0. The number of nitrogens with zero attached hydrogens (tertiary/aromatic N) is 3. The van der Waals surface area contributed by atoms with E-state index in [4.69, 9.17) is 4.98 Å². The van der Waals surface area contributed by atoms with Crippen molar-refractivity contribution < 1.29 is 0 Å². The quantitative estimate of drug-likeness (QED) is 0.643. The van der Waals surface area contributed by atoms with E-state index in [-0.39, 0.29) is 5.56 Å². The number of aryl methyl sites for hydroxylation is 2. The Morgan fingerprint density at radius 2 is 1.79 bits per heavy atom. The first-order valence-electron chi connectivity index (χ1n) is 10.7. The van der Waals surface area contributed by atoms with Gasteiger partial charge in [0.25, 0.3) is 5.56 Å². The number of rotatable bonds is 4. The molecule has 0 N–H and O–H groups in total. The Bertz CT molecular complexity index is 1070. The summed E-state index contributed by atoms with van der Waals surface area (Å²) in [5.41, 5.74) is 4.30. The molecule has 4 rings (SSSR count). The Hall–Kier alpha value is -2.46. The highest BCUT2D eigenvalue weighted by molar-refractivity contribution is 5.83. The maximum atomic E-state index is 13.4. The number of piperidine rings is 1. The molecule has 1 saturated heterocycles. The third-order valence-electron chi connectivity index (χ3n) is 6.25. The summed E-state index contributed by atoms with van der Waals surface area (Å²) in [7, 11) is 0. The molecular weight excluding hydrogens is 358 g/mol. The summed E-state index contributed by atoms with van der Waals surface area (Å²) in [5, 5.41) is 0.713. The van der Waals surface area contributed by atoms with Gasteiger partial charge in [-0.05, 0) is 76.3 Å². The first kappa shape index (κ1) is 19.8. The summed E-state index contributed by atoms with van der Waals surface area (Å²) < 4.78 is 1.90. The van der Waals surface area contributed by atoms with Crippen molar-refractivity contribution in [3.8, 4) is 11.1 Å². The molecule has 0 amide bonds. The van der Waals surface area contributed by atoms with Gasteiger partial charge in [-0.1, -0.05) is 35.9 Å². The fraction of sp³-hybridized carbons (Fsp3) is 0.440. The lowest BCUT2D eigenvalue weighted by Gasteiger charge is -2.35. The van der Waals surface area contributed by atoms with Crippen LogP contribution in [0.25, 0.3) is 22.0 Å². The van der Waals surface area contributed by atoms with E-state index in [1.807, 2.05) is 23.6 Å². The lowest BCUT2D eigenvalue weighted by Crippen LogP contribution is -2.42. The van der Waals surface area contributed by atoms with Gasteiger partial charge in [-0.2, -0.15) is 0 Å². The Morgan fingerprint density at radius 1 is 1.07 bits per heavy atom. The molecule has 0 spiro atoms. The summed E-state index contributed by atoms with van der Waals surface area (Å²) >= 11 is 0. The zero-order chi connectivity index (χ0) is 20.5. The van der Waals surface area contributed by atoms with Gasteiger partial charge in [0.15, 0.2) is 0 Å². The molecule has 0 radical (unpaired) electrons. The molecule has 152 valence electrons. The van der Waals surface area contributed by atoms with Crippen LogP contribution in [0.2, 0.25) is 0 Å². The van der Waals surface area contributed by atoms with Gasteiger partial charge in [-0.25, -0.2) is 4.98 Å². The number of aromatic nitrogens is 2. The van der Waals surface area contributed by atoms with E-state index in [9.17, 15) is 4.79 Å². The van der Waals surface area contributed by atoms with E-state index in [1.165, 1.54) is 18.4 Å². The molecule has 1 aliphatic rings. The molecule has 0 unspecified atom stereocenters. The van der Waals surface area contributed by atoms with Gasteiger partial charge in [0.2, 0.25) is 0 Å². The Labute approximate surface area is 173 Å². The fourth-order valence-electron chi connectivity index (χ4n) is 4.45. The minimum Gasteiger partial charge on any atom is -0.301 e. The largest absolute Gasteiger partial charge is 0.301 e. The molecule has 29 heavy (non-hydrogen) atoms. The Kier molecular flexibility index (Phi) is 5.55. The van der Waals surface area contributed by atoms with Gasteiger partial charge in [0, 0.05) is 19.1 Å². The molecule has 0 saturated carbocycles. The SMILES string of the molecule is Cc1ccc(-c2ccc3nc(C)n(C[C@H]4CCCN(C(C)C)C4)c(=O)c3c2)cc1. The molecule has 1 aromatic heterocycles. The maximum Gasteiger partial charge on any atom is 0.261 e. The van der Waals surface area contributed by atoms with E-state index in [2.05, 4.69) is 56.0 Å². The van der Waals surface area contributed by atoms with Crippen molar-refractivity contribution in [2.45, 2.75) is 53.1 Å². The lowest BCUT2D eigenvalue weighted by atomic mass is 9.96. The topological polar surface area (TPSA) is 38.1 Å². The molecule has 2 aromatic carbocycles. The van der Waals surface area contributed by atoms with E-state index in [0.717, 1.165) is 42.1 Å². The van der Waals surface area contributed by atoms with Crippen molar-refractivity contribution in [2.75, 3.05) is 13.1 Å². The second-order valence-corrected chi connectivity index (χ2v) is 8.77. The standard InChI is InChI=1S/C25H31N3O/c1-17(2)27-13-5-6-20(15-27)16-28-19(4)26-24-12-11-22(14-23(24)25(28)29)21-9-7-18(3)8-10-21/h7-12,14,17,20H,5-6,13,15-16H2,1-4H3/t20-/m0/s1. The lowest BCUT2D eigenvalue weighted by molar-refractivity contribution is 0.129. The molecule has 2 heterocycles. The van der Waals surface area contributed by atoms with Gasteiger partial charge in [-0.3, -0.25) is 9.36 Å². The normalized spacial score (nSPS) is 17.9. The number of hydrogen-bond acceptors (Lipinski definition) is 3. The van der Waals surface area contributed by atoms with Crippen molar-refractivity contribution in [3.63, 3.8) is 0 Å². The molecule has 4 heteroatoms. The Morgan fingerprint density at radius 3 is 2.52 bits per heavy atom. The van der Waals surface area contributed by atoms with Crippen molar-refractivity contribution >= 4 is 10.9 Å². The second kappa shape index (κ2) is 8.11. The van der Waals surface area contributed by atoms with Crippen LogP contribution in [0.3, 0.4) is 0 Å². The van der Waals surface area contributed by atoms with Crippen LogP contribution in [0.15, 0.2) is 47.3 Å². The number of fused-ring (bicyclic) bond motifs is 1. The summed E-state index contributed by atoms with van der Waals surface area (Å²) in [6, 6.07) is 15.0. The molecule has 1 aliphatic heterocycles. The van der Waals surface area contributed by atoms with Crippen LogP contribution in [-0.4, -0.2) is 33.6 Å². The third-order valence-corrected chi connectivity index (χ3v) is 6.25. The first-order valence-corrected chi connectivity index (χ1v) is 10.7. The number of likely N-dealkylation sites (tertiary alicyclic amines) is 1. The molecular formula is C25H31N3O. The average molecular weight is 390 g/mol. The third kappa shape index (κ3) is 4.13. The van der Waals surface area contributed by atoms with Gasteiger partial charge >= 0.3 is 0 Å². The minimum absolute atomic E-state index is 0.0862. The summed E-state index contributed by atoms with van der Waals surface area (Å²) in [4.78, 5) is 20.7. The molecule has 1 fully saturated rings. The second-order valence-electron chi connectivity index (χ2n) is 8.77. The molecule has 3 aromatic rings. The summed E-state index contributed by atoms with van der Waals surface area (Å²) in [5.74, 6) is 1.31. The molecule has 1 atom stereocenters. The van der Waals surface area contributed by atoms with E-state index < -0.39 is 0 Å². The summed E-state index contributed by atoms with van der Waals surface area (Å²) in [6.45, 7) is 11.5. The van der Waals surface area contributed by atoms with Crippen molar-refractivity contribution in [3.05, 3.63) is 64.2 Å². The predicted octanol–water partition coefficient (Wildman–Crippen LogP) is 4.80. The van der Waals surface area contributed by atoms with Gasteiger partial charge in [0.1, 0.15) is 5.82 Å². The fourth-order valence-corrected chi connectivity index (χ4v) is 4.45. The van der Waals surface area contributed by atoms with Crippen LogP contribution < -0.4 is 5.56 Å². The van der Waals surface area contributed by atoms with E-state index in [1.54, 1.807) is 0 Å². The average Bonchev–Trinajstić information content (AvgIpc) is 2.72. The van der Waals surface area contributed by atoms with E-state index >= 15 is 0 Å². The van der Waals surface area contributed by atoms with E-state index in [0.29, 0.717) is 17.3 Å². The highest BCUT2D eigenvalue weighted by Crippen LogP contribution is 2.24. The zero-order valence-corrected chi connectivity index (χ0v) is 18.0. The van der Waals surface area contributed by atoms with Crippen LogP contribution >= 0.6 is 0 Å². The smallest absolute Gasteiger partial charge is 0.261 e. The van der Waals surface area contributed by atoms with Crippen LogP contribution in [0.5, 0.6) is 0 Å². The first-order chi connectivity index (χ1) is 13.9. The van der Waals surface area contributed by atoms with Gasteiger partial charge in [-0.15, -0.1) is 0 Å². The molecule has 0 aliphatic carbocycles. The van der Waals surface area contributed by atoms with Crippen LogP contribution in [-0.2, 0) is 6.54 Å². The minimum atomic E-state index is 0.0862. The summed E-state index contributed by atoms with van der Waals surface area (Å²) in [6.07, 6.45) is 2.38. The van der Waals surface area contributed by atoms with Crippen molar-refractivity contribution in [1.29, 1.82) is 0 Å². The number of hydrogen-bond donors (Lipinski definition) is 0. The van der Waals surface area contributed by atoms with Crippen molar-refractivity contribution in [1.82, 2.24) is 14.5 Å². The van der Waals surface area contributed by atoms with Gasteiger partial charge < -0.3 is 4.90 Å². The Balaban J connectivity index is 1.69. The number of benzene rings is 2. The van der Waals surface area contributed by atoms with Crippen LogP contribution in [0.4, 0.5) is 0 Å². The molecule has 4 nitrogen and oxygen atoms in total. The van der Waals surface area contributed by atoms with Crippen molar-refractivity contribution in [2.24, 2.45) is 5.92 Å². The highest BCUT2D eigenvalue weighted by Gasteiger charge is 2.23. The highest BCUT2D eigenvalue weighted by atomic mass is 16.1. The molecule has 0 bridgehead atoms. The predicted molar refractivity (Wildman–Crippen MR) is 120 cm³/mol. The maximum absolute atomic E-state index is 13.4. The van der Waals surface area contributed by atoms with Crippen LogP contribution in [0, 0.1) is 19.8 Å².